The monoisotopic (exact) mass is 845 g/mol. The van der Waals surface area contributed by atoms with Gasteiger partial charge in [0.25, 0.3) is 17.7 Å². The van der Waals surface area contributed by atoms with E-state index in [1.807, 2.05) is 0 Å². The molecule has 0 spiro atoms. The van der Waals surface area contributed by atoms with Crippen LogP contribution in [0, 0.1) is 0 Å². The van der Waals surface area contributed by atoms with E-state index in [1.165, 1.54) is 26.2 Å². The number of ether oxygens (including phenoxy) is 4. The van der Waals surface area contributed by atoms with E-state index in [2.05, 4.69) is 26.6 Å². The molecule has 0 radical (unpaired) electrons. The van der Waals surface area contributed by atoms with Crippen molar-refractivity contribution in [1.29, 1.82) is 0 Å². The molecule has 16 heteroatoms. The summed E-state index contributed by atoms with van der Waals surface area (Å²) in [5.74, 6) is 0.502. The number of methoxy groups -OCH3 is 2. The average Bonchev–Trinajstić information content (AvgIpc) is 3.72. The van der Waals surface area contributed by atoms with Gasteiger partial charge in [0.15, 0.2) is 28.8 Å². The number of aromatic hydroxyl groups is 1. The Hall–Kier alpha value is -7.78. The van der Waals surface area contributed by atoms with Crippen LogP contribution in [0.3, 0.4) is 0 Å². The summed E-state index contributed by atoms with van der Waals surface area (Å²) < 4.78 is 21.0. The third-order valence-corrected chi connectivity index (χ3v) is 9.60. The van der Waals surface area contributed by atoms with E-state index in [4.69, 9.17) is 30.5 Å². The summed E-state index contributed by atoms with van der Waals surface area (Å²) in [7, 11) is 2.99. The molecule has 0 aliphatic carbocycles. The Morgan fingerprint density at radius 1 is 0.820 bits per heavy atom. The molecule has 61 heavy (non-hydrogen) atoms. The number of phenolic OH excluding ortho intramolecular Hbond substituents is 1. The lowest BCUT2D eigenvalue weighted by atomic mass is 9.94. The third kappa shape index (κ3) is 10.6. The fourth-order valence-corrected chi connectivity index (χ4v) is 6.36. The summed E-state index contributed by atoms with van der Waals surface area (Å²) in [6.45, 7) is 3.24. The number of nitrogens with one attached hydrogen (secondary N) is 5. The lowest BCUT2D eigenvalue weighted by molar-refractivity contribution is -0.114. The first-order valence-corrected chi connectivity index (χ1v) is 18.9. The minimum atomic E-state index is -0.707. The molecular formula is C45H40ClN5O10. The number of ketones is 1. The third-order valence-electron chi connectivity index (χ3n) is 9.27. The van der Waals surface area contributed by atoms with Crippen LogP contribution in [0.2, 0.25) is 5.02 Å². The van der Waals surface area contributed by atoms with Crippen LogP contribution in [0.15, 0.2) is 126 Å². The van der Waals surface area contributed by atoms with Crippen LogP contribution in [0.25, 0.3) is 6.08 Å². The number of hydrogen-bond acceptors (Lipinski definition) is 10. The van der Waals surface area contributed by atoms with Gasteiger partial charge in [-0.2, -0.15) is 0 Å². The Morgan fingerprint density at radius 3 is 2.20 bits per heavy atom. The fraction of sp³-hybridized carbons (Fsp3) is 0.133. The van der Waals surface area contributed by atoms with Gasteiger partial charge in [-0.1, -0.05) is 35.9 Å². The first kappa shape index (κ1) is 42.8. The van der Waals surface area contributed by atoms with Gasteiger partial charge in [0.05, 0.1) is 36.4 Å². The number of benzene rings is 5. The van der Waals surface area contributed by atoms with Crippen LogP contribution < -0.4 is 45.5 Å². The molecular weight excluding hydrogens is 806 g/mol. The summed E-state index contributed by atoms with van der Waals surface area (Å²) in [5.41, 5.74) is 3.81. The number of halogens is 1. The highest BCUT2D eigenvalue weighted by atomic mass is 35.5. The van der Waals surface area contributed by atoms with E-state index in [0.29, 0.717) is 56.6 Å². The predicted molar refractivity (Wildman–Crippen MR) is 228 cm³/mol. The Balaban J connectivity index is 0.000000207. The molecule has 2 aliphatic rings. The van der Waals surface area contributed by atoms with E-state index >= 15 is 0 Å². The number of amides is 5. The molecule has 0 saturated heterocycles. The van der Waals surface area contributed by atoms with Gasteiger partial charge < -0.3 is 50.6 Å². The van der Waals surface area contributed by atoms with E-state index < -0.39 is 23.9 Å². The topological polar surface area (TPSA) is 203 Å². The average molecular weight is 846 g/mol. The number of allylic oxidation sites excluding steroid dienone is 1. The molecule has 0 aromatic heterocycles. The fourth-order valence-electron chi connectivity index (χ4n) is 6.14. The van der Waals surface area contributed by atoms with Crippen molar-refractivity contribution in [2.24, 2.45) is 0 Å². The highest BCUT2D eigenvalue weighted by molar-refractivity contribution is 6.34. The van der Waals surface area contributed by atoms with Gasteiger partial charge in [-0.05, 0) is 116 Å². The number of rotatable bonds is 11. The summed E-state index contributed by atoms with van der Waals surface area (Å²) >= 11 is 6.14. The predicted octanol–water partition coefficient (Wildman–Crippen LogP) is 7.36. The van der Waals surface area contributed by atoms with Crippen LogP contribution in [0.4, 0.5) is 16.2 Å². The molecule has 1 atom stereocenters. The minimum Gasteiger partial charge on any atom is -0.504 e. The largest absolute Gasteiger partial charge is 0.504 e. The number of urea groups is 1. The van der Waals surface area contributed by atoms with Crippen molar-refractivity contribution in [1.82, 2.24) is 16.0 Å². The van der Waals surface area contributed by atoms with Crippen LogP contribution in [-0.2, 0) is 9.59 Å². The molecule has 5 aromatic rings. The summed E-state index contributed by atoms with van der Waals surface area (Å²) in [4.78, 5) is 62.3. The molecule has 0 saturated carbocycles. The zero-order valence-electron chi connectivity index (χ0n) is 33.3. The molecule has 0 fully saturated rings. The number of carbonyl (C=O) groups is 5. The zero-order chi connectivity index (χ0) is 43.6. The molecule has 5 amide bonds. The minimum absolute atomic E-state index is 0.00516. The Kier molecular flexibility index (Phi) is 13.6. The molecule has 0 bridgehead atoms. The maximum atomic E-state index is 13.1. The van der Waals surface area contributed by atoms with Gasteiger partial charge in [-0.15, -0.1) is 0 Å². The van der Waals surface area contributed by atoms with Gasteiger partial charge in [0, 0.05) is 22.6 Å². The molecule has 5 aromatic carbocycles. The van der Waals surface area contributed by atoms with Gasteiger partial charge in [-0.3, -0.25) is 19.2 Å². The first-order chi connectivity index (χ1) is 29.3. The zero-order valence-corrected chi connectivity index (χ0v) is 34.0. The van der Waals surface area contributed by atoms with Gasteiger partial charge in [-0.25, -0.2) is 4.79 Å². The van der Waals surface area contributed by atoms with Crippen LogP contribution in [0.5, 0.6) is 28.7 Å². The number of carbonyl (C=O) groups excluding carboxylic acids is 5. The summed E-state index contributed by atoms with van der Waals surface area (Å²) in [5, 5.41) is 23.6. The first-order valence-electron chi connectivity index (χ1n) is 18.5. The van der Waals surface area contributed by atoms with Crippen LogP contribution in [0.1, 0.15) is 51.7 Å². The number of Topliss-reactive ketones (excluding diaryl/α,β-unsaturated/α-hetero) is 1. The molecule has 312 valence electrons. The Morgan fingerprint density at radius 2 is 1.51 bits per heavy atom. The molecule has 15 nitrogen and oxygen atoms in total. The van der Waals surface area contributed by atoms with Gasteiger partial charge in [0.2, 0.25) is 6.79 Å². The molecule has 2 heterocycles. The van der Waals surface area contributed by atoms with E-state index in [1.54, 1.807) is 117 Å². The lowest BCUT2D eigenvalue weighted by Crippen LogP contribution is -2.45. The van der Waals surface area contributed by atoms with Gasteiger partial charge in [0.1, 0.15) is 11.4 Å². The number of hydrogen-bond donors (Lipinski definition) is 6. The van der Waals surface area contributed by atoms with E-state index in [0.717, 1.165) is 0 Å². The van der Waals surface area contributed by atoms with Crippen molar-refractivity contribution in [3.63, 3.8) is 0 Å². The smallest absolute Gasteiger partial charge is 0.319 e. The number of phenols is 1. The molecule has 6 N–H and O–H groups in total. The summed E-state index contributed by atoms with van der Waals surface area (Å²) in [6, 6.07) is 28.6. The Bertz CT molecular complexity index is 2560. The van der Waals surface area contributed by atoms with Crippen molar-refractivity contribution < 1.29 is 48.0 Å². The van der Waals surface area contributed by atoms with E-state index in [-0.39, 0.29) is 46.3 Å². The normalized spacial score (nSPS) is 14.0. The van der Waals surface area contributed by atoms with Crippen molar-refractivity contribution in [3.05, 3.63) is 153 Å². The van der Waals surface area contributed by atoms with Crippen molar-refractivity contribution in [2.75, 3.05) is 31.6 Å². The van der Waals surface area contributed by atoms with Crippen molar-refractivity contribution >= 4 is 58.6 Å². The number of anilines is 2. The van der Waals surface area contributed by atoms with Crippen molar-refractivity contribution in [2.45, 2.75) is 19.9 Å². The molecule has 7 rings (SSSR count). The standard InChI is InChI=1S/C25H19ClN2O5.C20H21N3O5/c1-15(29)17-7-9-18(10-8-17)27-25(31)21(28-24(30)19-4-2-3-5-20(19)26)12-16-6-11-22-23(13-16)33-14-32-22;1-11-17(19(25)22-13-5-7-14(27-2)8-6-13)18(23-20(26)21-11)12-4-9-15(24)16(10-12)28-3/h2-13H,14H2,1H3,(H,27,31)(H,28,30);4-10,18,24H,1-3H3,(H,22,25)(H2,21,23,26). The molecule has 1 unspecified atom stereocenters. The van der Waals surface area contributed by atoms with Crippen LogP contribution in [-0.4, -0.2) is 55.7 Å². The van der Waals surface area contributed by atoms with Gasteiger partial charge >= 0.3 is 6.03 Å². The van der Waals surface area contributed by atoms with E-state index in [9.17, 15) is 29.1 Å². The summed E-state index contributed by atoms with van der Waals surface area (Å²) in [6.07, 6.45) is 1.52. The quantitative estimate of drug-likeness (QED) is 0.0576. The number of fused-ring (bicyclic) bond motifs is 1. The Labute approximate surface area is 355 Å². The molecule has 2 aliphatic heterocycles. The highest BCUT2D eigenvalue weighted by Crippen LogP contribution is 2.35. The maximum absolute atomic E-state index is 13.1. The van der Waals surface area contributed by atoms with Crippen molar-refractivity contribution in [3.8, 4) is 28.7 Å². The SMILES string of the molecule is CC(=O)c1ccc(NC(=O)C(=Cc2ccc3c(c2)OCO3)NC(=O)c2ccccc2Cl)cc1.COc1ccc(NC(=O)C2=C(C)NC(=O)NC2c2ccc(O)c(OC)c2)cc1. The second kappa shape index (κ2) is 19.3. The maximum Gasteiger partial charge on any atom is 0.319 e. The highest BCUT2D eigenvalue weighted by Gasteiger charge is 2.32. The second-order valence-electron chi connectivity index (χ2n) is 13.4. The van der Waals surface area contributed by atoms with Crippen LogP contribution >= 0.6 is 11.6 Å². The lowest BCUT2D eigenvalue weighted by Gasteiger charge is -2.29. The second-order valence-corrected chi connectivity index (χ2v) is 13.8.